The maximum Gasteiger partial charge on any atom is 0.255 e. The van der Waals surface area contributed by atoms with Gasteiger partial charge < -0.3 is 10.4 Å². The summed E-state index contributed by atoms with van der Waals surface area (Å²) in [7, 11) is 0. The van der Waals surface area contributed by atoms with Crippen molar-refractivity contribution < 1.29 is 9.90 Å². The number of hydrogen-bond donors (Lipinski definition) is 2. The van der Waals surface area contributed by atoms with Crippen molar-refractivity contribution in [1.29, 1.82) is 0 Å². The van der Waals surface area contributed by atoms with Crippen LogP contribution in [0.5, 0.6) is 0 Å². The highest BCUT2D eigenvalue weighted by atomic mass is 35.5. The Bertz CT molecular complexity index is 984. The minimum absolute atomic E-state index is 0.0923. The van der Waals surface area contributed by atoms with Gasteiger partial charge in [-0.3, -0.25) is 9.48 Å². The standard InChI is InChI=1S/C21H21Cl2N3O2/c1-13-20(14(2)26(25-13)12-16-5-3-4-6-18(16)23)21(28)24-11-19(27)15-7-9-17(22)10-8-15/h3-10,19,27H,11-12H2,1-2H3,(H,24,28). The molecule has 1 amide bonds. The summed E-state index contributed by atoms with van der Waals surface area (Å²) in [6.45, 7) is 4.21. The number of nitrogens with zero attached hydrogens (tertiary/aromatic N) is 2. The van der Waals surface area contributed by atoms with Gasteiger partial charge in [-0.2, -0.15) is 5.10 Å². The lowest BCUT2D eigenvalue weighted by atomic mass is 10.1. The molecule has 0 aliphatic carbocycles. The minimum Gasteiger partial charge on any atom is -0.387 e. The smallest absolute Gasteiger partial charge is 0.255 e. The molecule has 0 aliphatic rings. The Morgan fingerprint density at radius 2 is 1.82 bits per heavy atom. The highest BCUT2D eigenvalue weighted by Crippen LogP contribution is 2.20. The van der Waals surface area contributed by atoms with Crippen LogP contribution in [0.2, 0.25) is 10.0 Å². The van der Waals surface area contributed by atoms with Crippen molar-refractivity contribution in [1.82, 2.24) is 15.1 Å². The number of amides is 1. The van der Waals surface area contributed by atoms with Crippen molar-refractivity contribution in [2.24, 2.45) is 0 Å². The fourth-order valence-electron chi connectivity index (χ4n) is 3.05. The van der Waals surface area contributed by atoms with Crippen molar-refractivity contribution in [3.05, 3.63) is 86.7 Å². The molecule has 7 heteroatoms. The zero-order valence-corrected chi connectivity index (χ0v) is 17.1. The monoisotopic (exact) mass is 417 g/mol. The number of hydrogen-bond acceptors (Lipinski definition) is 3. The van der Waals surface area contributed by atoms with E-state index in [9.17, 15) is 9.90 Å². The first-order chi connectivity index (χ1) is 13.4. The Balaban J connectivity index is 1.71. The molecule has 2 N–H and O–H groups in total. The molecular weight excluding hydrogens is 397 g/mol. The van der Waals surface area contributed by atoms with Gasteiger partial charge in [-0.05, 0) is 43.2 Å². The van der Waals surface area contributed by atoms with E-state index in [-0.39, 0.29) is 12.5 Å². The molecular formula is C21H21Cl2N3O2. The lowest BCUT2D eigenvalue weighted by molar-refractivity contribution is 0.0915. The Hall–Kier alpha value is -2.34. The van der Waals surface area contributed by atoms with Crippen molar-refractivity contribution in [3.63, 3.8) is 0 Å². The van der Waals surface area contributed by atoms with Crippen molar-refractivity contribution in [3.8, 4) is 0 Å². The molecule has 0 radical (unpaired) electrons. The summed E-state index contributed by atoms with van der Waals surface area (Å²) in [5.74, 6) is -0.270. The number of aliphatic hydroxyl groups excluding tert-OH is 1. The number of carbonyl (C=O) groups excluding carboxylic acids is 1. The van der Waals surface area contributed by atoms with Crippen LogP contribution in [0.4, 0.5) is 0 Å². The minimum atomic E-state index is -0.819. The van der Waals surface area contributed by atoms with Crippen LogP contribution < -0.4 is 5.32 Å². The summed E-state index contributed by atoms with van der Waals surface area (Å²) in [5.41, 5.74) is 3.50. The van der Waals surface area contributed by atoms with Crippen LogP contribution in [0.3, 0.4) is 0 Å². The van der Waals surface area contributed by atoms with E-state index in [1.54, 1.807) is 35.9 Å². The van der Waals surface area contributed by atoms with Crippen LogP contribution in [0.25, 0.3) is 0 Å². The van der Waals surface area contributed by atoms with E-state index in [4.69, 9.17) is 23.2 Å². The molecule has 3 rings (SSSR count). The predicted molar refractivity (Wildman–Crippen MR) is 111 cm³/mol. The van der Waals surface area contributed by atoms with Crippen molar-refractivity contribution in [2.45, 2.75) is 26.5 Å². The number of nitrogens with one attached hydrogen (secondary N) is 1. The summed E-state index contributed by atoms with van der Waals surface area (Å²) < 4.78 is 1.76. The van der Waals surface area contributed by atoms with Gasteiger partial charge in [0.05, 0.1) is 23.9 Å². The molecule has 0 bridgehead atoms. The number of benzene rings is 2. The first-order valence-corrected chi connectivity index (χ1v) is 9.61. The highest BCUT2D eigenvalue weighted by Gasteiger charge is 2.20. The summed E-state index contributed by atoms with van der Waals surface area (Å²) in [5, 5.41) is 18.8. The average molecular weight is 418 g/mol. The van der Waals surface area contributed by atoms with E-state index in [0.29, 0.717) is 33.4 Å². The molecule has 28 heavy (non-hydrogen) atoms. The first kappa shape index (κ1) is 20.4. The number of aryl methyl sites for hydroxylation is 1. The van der Waals surface area contributed by atoms with Crippen molar-refractivity contribution >= 4 is 29.1 Å². The number of rotatable bonds is 6. The molecule has 3 aromatic rings. The largest absolute Gasteiger partial charge is 0.387 e. The van der Waals surface area contributed by atoms with Gasteiger partial charge in [-0.15, -0.1) is 0 Å². The molecule has 0 saturated carbocycles. The predicted octanol–water partition coefficient (Wildman–Crippen LogP) is 4.32. The number of halogens is 2. The van der Waals surface area contributed by atoms with Gasteiger partial charge in [0.1, 0.15) is 0 Å². The maximum atomic E-state index is 12.7. The summed E-state index contributed by atoms with van der Waals surface area (Å²) in [4.78, 5) is 12.7. The Morgan fingerprint density at radius 3 is 2.50 bits per heavy atom. The zero-order valence-electron chi connectivity index (χ0n) is 15.6. The van der Waals surface area contributed by atoms with Crippen molar-refractivity contribution in [2.75, 3.05) is 6.54 Å². The van der Waals surface area contributed by atoms with E-state index in [1.807, 2.05) is 31.2 Å². The molecule has 1 atom stereocenters. The van der Waals surface area contributed by atoms with Crippen LogP contribution in [-0.4, -0.2) is 27.3 Å². The fourth-order valence-corrected chi connectivity index (χ4v) is 3.37. The topological polar surface area (TPSA) is 67.2 Å². The number of aliphatic hydroxyl groups is 1. The first-order valence-electron chi connectivity index (χ1n) is 8.86. The summed E-state index contributed by atoms with van der Waals surface area (Å²) in [6.07, 6.45) is -0.819. The Morgan fingerprint density at radius 1 is 1.14 bits per heavy atom. The van der Waals surface area contributed by atoms with Gasteiger partial charge in [-0.25, -0.2) is 0 Å². The SMILES string of the molecule is Cc1nn(Cc2ccccc2Cl)c(C)c1C(=O)NCC(O)c1ccc(Cl)cc1. The molecule has 2 aromatic carbocycles. The molecule has 0 saturated heterocycles. The summed E-state index contributed by atoms with van der Waals surface area (Å²) in [6, 6.07) is 14.4. The van der Waals surface area contributed by atoms with Gasteiger partial charge in [-0.1, -0.05) is 53.5 Å². The molecule has 1 unspecified atom stereocenters. The van der Waals surface area contributed by atoms with E-state index in [2.05, 4.69) is 10.4 Å². The van der Waals surface area contributed by atoms with E-state index in [1.165, 1.54) is 0 Å². The Labute approximate surface area is 173 Å². The lowest BCUT2D eigenvalue weighted by Gasteiger charge is -2.13. The van der Waals surface area contributed by atoms with Crippen LogP contribution >= 0.6 is 23.2 Å². The molecule has 1 heterocycles. The maximum absolute atomic E-state index is 12.7. The van der Waals surface area contributed by atoms with Gasteiger partial charge in [0, 0.05) is 22.3 Å². The van der Waals surface area contributed by atoms with Gasteiger partial charge >= 0.3 is 0 Å². The molecule has 0 fully saturated rings. The van der Waals surface area contributed by atoms with E-state index in [0.717, 1.165) is 11.3 Å². The third kappa shape index (κ3) is 4.55. The van der Waals surface area contributed by atoms with Crippen LogP contribution in [-0.2, 0) is 6.54 Å². The zero-order chi connectivity index (χ0) is 20.3. The fraction of sp³-hybridized carbons (Fsp3) is 0.238. The second-order valence-corrected chi connectivity index (χ2v) is 7.42. The van der Waals surface area contributed by atoms with Gasteiger partial charge in [0.15, 0.2) is 0 Å². The molecule has 146 valence electrons. The molecule has 0 aliphatic heterocycles. The third-order valence-corrected chi connectivity index (χ3v) is 5.22. The third-order valence-electron chi connectivity index (χ3n) is 4.60. The van der Waals surface area contributed by atoms with Crippen LogP contribution in [0.15, 0.2) is 48.5 Å². The Kier molecular flexibility index (Phi) is 6.39. The molecule has 5 nitrogen and oxygen atoms in total. The second kappa shape index (κ2) is 8.78. The van der Waals surface area contributed by atoms with E-state index >= 15 is 0 Å². The van der Waals surface area contributed by atoms with Crippen LogP contribution in [0.1, 0.15) is 39.0 Å². The normalized spacial score (nSPS) is 12.0. The van der Waals surface area contributed by atoms with Crippen LogP contribution in [0, 0.1) is 13.8 Å². The molecule has 0 spiro atoms. The highest BCUT2D eigenvalue weighted by molar-refractivity contribution is 6.31. The van der Waals surface area contributed by atoms with Gasteiger partial charge in [0.25, 0.3) is 5.91 Å². The van der Waals surface area contributed by atoms with Gasteiger partial charge in [0.2, 0.25) is 0 Å². The quantitative estimate of drug-likeness (QED) is 0.627. The van der Waals surface area contributed by atoms with E-state index < -0.39 is 6.10 Å². The lowest BCUT2D eigenvalue weighted by Crippen LogP contribution is -2.29. The average Bonchev–Trinajstić information content (AvgIpc) is 2.95. The summed E-state index contributed by atoms with van der Waals surface area (Å²) >= 11 is 12.1. The number of carbonyl (C=O) groups is 1. The number of aromatic nitrogens is 2. The molecule has 1 aromatic heterocycles. The second-order valence-electron chi connectivity index (χ2n) is 6.57.